The molecule has 3 heterocycles. The SMILES string of the molecule is Nc1nonc1-n1nnc(C(=O)N/N=C\c2ccccc2Br)c1C[NH+]1CCCC1. The van der Waals surface area contributed by atoms with Gasteiger partial charge in [0, 0.05) is 22.9 Å². The van der Waals surface area contributed by atoms with Crippen LogP contribution in [0.5, 0.6) is 0 Å². The number of aromatic nitrogens is 5. The number of nitrogens with zero attached hydrogens (tertiary/aromatic N) is 6. The summed E-state index contributed by atoms with van der Waals surface area (Å²) in [5.41, 5.74) is 9.89. The molecule has 29 heavy (non-hydrogen) atoms. The fraction of sp³-hybridized carbons (Fsp3) is 0.294. The van der Waals surface area contributed by atoms with Gasteiger partial charge in [0.05, 0.1) is 19.3 Å². The van der Waals surface area contributed by atoms with Crippen molar-refractivity contribution in [3.05, 3.63) is 45.7 Å². The van der Waals surface area contributed by atoms with E-state index in [0.29, 0.717) is 12.2 Å². The van der Waals surface area contributed by atoms with Crippen LogP contribution >= 0.6 is 15.9 Å². The van der Waals surface area contributed by atoms with E-state index >= 15 is 0 Å². The lowest BCUT2D eigenvalue weighted by Gasteiger charge is -2.12. The number of likely N-dealkylation sites (tertiary alicyclic amines) is 1. The first kappa shape index (κ1) is 19.2. The Morgan fingerprint density at radius 3 is 2.86 bits per heavy atom. The van der Waals surface area contributed by atoms with Crippen LogP contribution in [0.3, 0.4) is 0 Å². The Hall–Kier alpha value is -3.12. The molecule has 0 radical (unpaired) electrons. The second kappa shape index (κ2) is 8.49. The van der Waals surface area contributed by atoms with Crippen LogP contribution in [0.25, 0.3) is 5.82 Å². The summed E-state index contributed by atoms with van der Waals surface area (Å²) < 4.78 is 6.95. The number of benzene rings is 1. The Bertz CT molecular complexity index is 1040. The first-order chi connectivity index (χ1) is 14.1. The van der Waals surface area contributed by atoms with Gasteiger partial charge in [0.1, 0.15) is 12.2 Å². The van der Waals surface area contributed by atoms with Crippen LogP contribution in [0.1, 0.15) is 34.6 Å². The number of nitrogens with two attached hydrogens (primary N) is 1. The average molecular weight is 461 g/mol. The third-order valence-corrected chi connectivity index (χ3v) is 5.40. The Morgan fingerprint density at radius 2 is 2.14 bits per heavy atom. The molecule has 12 heteroatoms. The normalized spacial score (nSPS) is 14.7. The number of rotatable bonds is 6. The molecule has 1 aromatic carbocycles. The minimum absolute atomic E-state index is 0.0754. The van der Waals surface area contributed by atoms with Crippen molar-refractivity contribution in [1.82, 2.24) is 30.7 Å². The molecule has 0 bridgehead atoms. The summed E-state index contributed by atoms with van der Waals surface area (Å²) in [6.45, 7) is 2.58. The fourth-order valence-corrected chi connectivity index (χ4v) is 3.61. The monoisotopic (exact) mass is 460 g/mol. The van der Waals surface area contributed by atoms with Crippen LogP contribution < -0.4 is 16.1 Å². The van der Waals surface area contributed by atoms with Crippen LogP contribution in [-0.2, 0) is 6.54 Å². The van der Waals surface area contributed by atoms with Gasteiger partial charge in [-0.15, -0.1) is 5.10 Å². The summed E-state index contributed by atoms with van der Waals surface area (Å²) >= 11 is 3.44. The number of nitrogens with one attached hydrogen (secondary N) is 2. The highest BCUT2D eigenvalue weighted by Crippen LogP contribution is 2.16. The molecule has 0 unspecified atom stereocenters. The molecule has 3 aromatic rings. The van der Waals surface area contributed by atoms with Gasteiger partial charge in [0.25, 0.3) is 5.91 Å². The van der Waals surface area contributed by atoms with Crippen LogP contribution in [0.2, 0.25) is 0 Å². The van der Waals surface area contributed by atoms with Crippen LogP contribution in [0, 0.1) is 0 Å². The zero-order valence-electron chi connectivity index (χ0n) is 15.4. The van der Waals surface area contributed by atoms with Crippen molar-refractivity contribution in [1.29, 1.82) is 0 Å². The summed E-state index contributed by atoms with van der Waals surface area (Å²) in [7, 11) is 0. The number of amides is 1. The predicted molar refractivity (Wildman–Crippen MR) is 106 cm³/mol. The fourth-order valence-electron chi connectivity index (χ4n) is 3.23. The molecule has 11 nitrogen and oxygen atoms in total. The van der Waals surface area contributed by atoms with Gasteiger partial charge in [0.15, 0.2) is 5.69 Å². The Labute approximate surface area is 174 Å². The van der Waals surface area contributed by atoms with Crippen molar-refractivity contribution in [2.75, 3.05) is 18.8 Å². The molecular formula is C17H19BrN9O2+. The molecule has 4 rings (SSSR count). The van der Waals surface area contributed by atoms with Crippen molar-refractivity contribution in [2.24, 2.45) is 5.10 Å². The van der Waals surface area contributed by atoms with Crippen LogP contribution in [0.15, 0.2) is 38.5 Å². The highest BCUT2D eigenvalue weighted by molar-refractivity contribution is 9.10. The van der Waals surface area contributed by atoms with Crippen molar-refractivity contribution in [2.45, 2.75) is 19.4 Å². The van der Waals surface area contributed by atoms with E-state index in [4.69, 9.17) is 5.73 Å². The molecule has 0 saturated carbocycles. The maximum Gasteiger partial charge on any atom is 0.294 e. The number of quaternary nitrogens is 1. The number of nitrogen functional groups attached to an aromatic ring is 1. The first-order valence-corrected chi connectivity index (χ1v) is 9.87. The maximum atomic E-state index is 12.7. The average Bonchev–Trinajstić information content (AvgIpc) is 3.45. The Morgan fingerprint density at radius 1 is 1.34 bits per heavy atom. The van der Waals surface area contributed by atoms with Gasteiger partial charge >= 0.3 is 0 Å². The van der Waals surface area contributed by atoms with E-state index < -0.39 is 5.91 Å². The molecule has 1 saturated heterocycles. The topological polar surface area (TPSA) is 142 Å². The highest BCUT2D eigenvalue weighted by Gasteiger charge is 2.28. The largest absolute Gasteiger partial charge is 0.378 e. The second-order valence-electron chi connectivity index (χ2n) is 6.62. The zero-order valence-corrected chi connectivity index (χ0v) is 17.0. The number of halogens is 1. The lowest BCUT2D eigenvalue weighted by molar-refractivity contribution is -0.901. The summed E-state index contributed by atoms with van der Waals surface area (Å²) in [4.78, 5) is 14.1. The van der Waals surface area contributed by atoms with Crippen LogP contribution in [0.4, 0.5) is 5.82 Å². The van der Waals surface area contributed by atoms with Gasteiger partial charge in [-0.2, -0.15) is 9.78 Å². The zero-order chi connectivity index (χ0) is 20.2. The molecule has 1 fully saturated rings. The number of carbonyl (C=O) groups excluding carboxylic acids is 1. The third kappa shape index (κ3) is 4.17. The van der Waals surface area contributed by atoms with Crippen molar-refractivity contribution >= 4 is 33.9 Å². The van der Waals surface area contributed by atoms with E-state index in [1.165, 1.54) is 9.58 Å². The first-order valence-electron chi connectivity index (χ1n) is 9.08. The third-order valence-electron chi connectivity index (χ3n) is 4.68. The smallest absolute Gasteiger partial charge is 0.294 e. The van der Waals surface area contributed by atoms with E-state index in [9.17, 15) is 4.79 Å². The number of hydrazone groups is 1. The van der Waals surface area contributed by atoms with Gasteiger partial charge in [0.2, 0.25) is 11.6 Å². The number of anilines is 1. The van der Waals surface area contributed by atoms with Crippen molar-refractivity contribution in [3.63, 3.8) is 0 Å². The van der Waals surface area contributed by atoms with Crippen LogP contribution in [-0.4, -0.2) is 50.5 Å². The molecule has 1 aliphatic rings. The summed E-state index contributed by atoms with van der Waals surface area (Å²) in [5, 5.41) is 19.5. The second-order valence-corrected chi connectivity index (χ2v) is 7.48. The molecule has 150 valence electrons. The molecule has 0 aliphatic carbocycles. The van der Waals surface area contributed by atoms with E-state index in [2.05, 4.69) is 51.7 Å². The van der Waals surface area contributed by atoms with E-state index in [0.717, 1.165) is 36.0 Å². The summed E-state index contributed by atoms with van der Waals surface area (Å²) in [6, 6.07) is 7.54. The van der Waals surface area contributed by atoms with E-state index in [1.54, 1.807) is 6.21 Å². The molecular weight excluding hydrogens is 442 g/mol. The van der Waals surface area contributed by atoms with Gasteiger partial charge in [-0.1, -0.05) is 39.3 Å². The van der Waals surface area contributed by atoms with E-state index in [-0.39, 0.29) is 17.3 Å². The minimum atomic E-state index is -0.469. The molecule has 0 atom stereocenters. The van der Waals surface area contributed by atoms with Gasteiger partial charge in [-0.3, -0.25) is 4.79 Å². The molecule has 2 aromatic heterocycles. The highest BCUT2D eigenvalue weighted by atomic mass is 79.9. The standard InChI is InChI=1S/C17H18BrN9O2/c18-12-6-2-1-5-11(12)9-20-22-17(28)14-13(10-26-7-3-4-8-26)27(25-21-14)16-15(19)23-29-24-16/h1-2,5-6,9H,3-4,7-8,10H2,(H2,19,23)(H,22,28)/p+1/b20-9-. The molecule has 1 amide bonds. The Balaban J connectivity index is 1.58. The summed E-state index contributed by atoms with van der Waals surface area (Å²) in [6.07, 6.45) is 3.84. The Kier molecular flexibility index (Phi) is 5.62. The van der Waals surface area contributed by atoms with Gasteiger partial charge in [-0.05, 0) is 16.4 Å². The van der Waals surface area contributed by atoms with Crippen molar-refractivity contribution < 1.29 is 14.3 Å². The van der Waals surface area contributed by atoms with Gasteiger partial charge in [-0.25, -0.2) is 10.1 Å². The number of carbonyl (C=O) groups is 1. The van der Waals surface area contributed by atoms with Gasteiger partial charge < -0.3 is 10.6 Å². The quantitative estimate of drug-likeness (QED) is 0.345. The number of hydrogen-bond donors (Lipinski definition) is 3. The molecule has 1 aliphatic heterocycles. The number of hydrogen-bond acceptors (Lipinski definition) is 8. The van der Waals surface area contributed by atoms with Crippen molar-refractivity contribution in [3.8, 4) is 5.82 Å². The lowest BCUT2D eigenvalue weighted by atomic mass is 10.2. The minimum Gasteiger partial charge on any atom is -0.378 e. The molecule has 4 N–H and O–H groups in total. The lowest BCUT2D eigenvalue weighted by Crippen LogP contribution is -3.08. The predicted octanol–water partition coefficient (Wildman–Crippen LogP) is -0.0624. The summed E-state index contributed by atoms with van der Waals surface area (Å²) in [5.74, 6) is -0.184. The molecule has 0 spiro atoms. The maximum absolute atomic E-state index is 12.7. The van der Waals surface area contributed by atoms with E-state index in [1.807, 2.05) is 24.3 Å².